The smallest absolute Gasteiger partial charge is 0.264 e. The fourth-order valence-corrected chi connectivity index (χ4v) is 3.74. The molecular formula is C20H18IN3O4S. The molecule has 0 fully saturated rings. The van der Waals surface area contributed by atoms with Crippen LogP contribution in [0.1, 0.15) is 16.8 Å². The molecular weight excluding hydrogens is 505 g/mol. The van der Waals surface area contributed by atoms with Crippen LogP contribution in [0.15, 0.2) is 64.0 Å². The van der Waals surface area contributed by atoms with Gasteiger partial charge in [0.05, 0.1) is 10.6 Å². The number of sulfonamides is 1. The van der Waals surface area contributed by atoms with Crippen molar-refractivity contribution in [2.24, 2.45) is 0 Å². The third-order valence-electron chi connectivity index (χ3n) is 4.11. The Morgan fingerprint density at radius 3 is 2.31 bits per heavy atom. The van der Waals surface area contributed by atoms with E-state index in [1.807, 2.05) is 24.3 Å². The standard InChI is InChI=1S/C20H18IN3O4S/c1-13-14(2)23-28-20(13)24-29(26,27)18-10-8-17(9-11-18)22-19(25)12-5-15-3-6-16(21)7-4-15/h3-12,24H,1-2H3,(H,22,25)/b12-5+. The molecule has 0 aliphatic heterocycles. The van der Waals surface area contributed by atoms with Gasteiger partial charge in [-0.1, -0.05) is 17.3 Å². The van der Waals surface area contributed by atoms with E-state index in [-0.39, 0.29) is 16.7 Å². The Labute approximate surface area is 182 Å². The van der Waals surface area contributed by atoms with Crippen LogP contribution in [-0.2, 0) is 14.8 Å². The SMILES string of the molecule is Cc1noc(NS(=O)(=O)c2ccc(NC(=O)/C=C/c3ccc(I)cc3)cc2)c1C. The molecule has 9 heteroatoms. The first-order valence-corrected chi connectivity index (χ1v) is 11.1. The maximum Gasteiger partial charge on any atom is 0.264 e. The zero-order valence-corrected chi connectivity index (χ0v) is 18.6. The predicted octanol–water partition coefficient (Wildman–Crippen LogP) is 4.35. The van der Waals surface area contributed by atoms with Gasteiger partial charge in [0, 0.05) is 20.9 Å². The topological polar surface area (TPSA) is 101 Å². The van der Waals surface area contributed by atoms with E-state index in [0.717, 1.165) is 9.13 Å². The summed E-state index contributed by atoms with van der Waals surface area (Å²) in [6.45, 7) is 3.44. The second-order valence-corrected chi connectivity index (χ2v) is 9.15. The lowest BCUT2D eigenvalue weighted by atomic mass is 10.2. The maximum atomic E-state index is 12.5. The average molecular weight is 523 g/mol. The summed E-state index contributed by atoms with van der Waals surface area (Å²) in [4.78, 5) is 12.1. The van der Waals surface area contributed by atoms with E-state index in [1.165, 1.54) is 30.3 Å². The summed E-state index contributed by atoms with van der Waals surface area (Å²) in [6, 6.07) is 13.6. The van der Waals surface area contributed by atoms with Crippen molar-refractivity contribution in [1.82, 2.24) is 5.16 Å². The highest BCUT2D eigenvalue weighted by Gasteiger charge is 2.19. The number of rotatable bonds is 6. The van der Waals surface area contributed by atoms with E-state index in [1.54, 1.807) is 19.9 Å². The second-order valence-electron chi connectivity index (χ2n) is 6.23. The molecule has 0 aliphatic carbocycles. The van der Waals surface area contributed by atoms with Gasteiger partial charge in [0.25, 0.3) is 10.0 Å². The van der Waals surface area contributed by atoms with Crippen molar-refractivity contribution in [2.45, 2.75) is 18.7 Å². The van der Waals surface area contributed by atoms with Gasteiger partial charge in [-0.3, -0.25) is 4.79 Å². The van der Waals surface area contributed by atoms with Gasteiger partial charge >= 0.3 is 0 Å². The molecule has 0 saturated carbocycles. The molecule has 2 aromatic carbocycles. The zero-order chi connectivity index (χ0) is 21.0. The summed E-state index contributed by atoms with van der Waals surface area (Å²) >= 11 is 2.21. The van der Waals surface area contributed by atoms with Gasteiger partial charge in [-0.15, -0.1) is 0 Å². The predicted molar refractivity (Wildman–Crippen MR) is 120 cm³/mol. The lowest BCUT2D eigenvalue weighted by Gasteiger charge is -2.07. The van der Waals surface area contributed by atoms with Crippen LogP contribution in [0, 0.1) is 17.4 Å². The normalized spacial score (nSPS) is 11.6. The number of aromatic nitrogens is 1. The number of hydrogen-bond donors (Lipinski definition) is 2. The van der Waals surface area contributed by atoms with E-state index in [4.69, 9.17) is 4.52 Å². The van der Waals surface area contributed by atoms with Crippen LogP contribution in [0.5, 0.6) is 0 Å². The number of carbonyl (C=O) groups is 1. The molecule has 0 aliphatic rings. The number of halogens is 1. The summed E-state index contributed by atoms with van der Waals surface area (Å²) < 4.78 is 33.4. The number of hydrogen-bond acceptors (Lipinski definition) is 5. The fourth-order valence-electron chi connectivity index (χ4n) is 2.34. The molecule has 150 valence electrons. The summed E-state index contributed by atoms with van der Waals surface area (Å²) in [6.07, 6.45) is 3.12. The largest absolute Gasteiger partial charge is 0.337 e. The minimum absolute atomic E-state index is 0.0402. The number of benzene rings is 2. The Bertz CT molecular complexity index is 1150. The van der Waals surface area contributed by atoms with E-state index < -0.39 is 10.0 Å². The van der Waals surface area contributed by atoms with Crippen molar-refractivity contribution < 1.29 is 17.7 Å². The number of amides is 1. The number of anilines is 2. The molecule has 3 rings (SSSR count). The van der Waals surface area contributed by atoms with Crippen molar-refractivity contribution in [3.63, 3.8) is 0 Å². The average Bonchev–Trinajstić information content (AvgIpc) is 2.99. The Kier molecular flexibility index (Phi) is 6.38. The van der Waals surface area contributed by atoms with Crippen LogP contribution < -0.4 is 10.0 Å². The first-order chi connectivity index (χ1) is 13.7. The van der Waals surface area contributed by atoms with Crippen molar-refractivity contribution in [3.05, 3.63) is 75.0 Å². The van der Waals surface area contributed by atoms with Crippen LogP contribution in [0.25, 0.3) is 6.08 Å². The van der Waals surface area contributed by atoms with Crippen molar-refractivity contribution in [1.29, 1.82) is 0 Å². The second kappa shape index (κ2) is 8.78. The van der Waals surface area contributed by atoms with Gasteiger partial charge in [-0.2, -0.15) is 0 Å². The molecule has 1 amide bonds. The number of carbonyl (C=O) groups excluding carboxylic acids is 1. The molecule has 0 unspecified atom stereocenters. The Morgan fingerprint density at radius 2 is 1.72 bits per heavy atom. The van der Waals surface area contributed by atoms with Crippen LogP contribution >= 0.6 is 22.6 Å². The van der Waals surface area contributed by atoms with Gasteiger partial charge in [0.15, 0.2) is 0 Å². The van der Waals surface area contributed by atoms with Gasteiger partial charge in [0.1, 0.15) is 0 Å². The lowest BCUT2D eigenvalue weighted by Crippen LogP contribution is -2.13. The molecule has 0 bridgehead atoms. The van der Waals surface area contributed by atoms with Crippen LogP contribution in [0.2, 0.25) is 0 Å². The maximum absolute atomic E-state index is 12.5. The molecule has 0 spiro atoms. The molecule has 0 radical (unpaired) electrons. The van der Waals surface area contributed by atoms with Crippen molar-refractivity contribution in [3.8, 4) is 0 Å². The first-order valence-electron chi connectivity index (χ1n) is 8.55. The molecule has 1 aromatic heterocycles. The number of aryl methyl sites for hydroxylation is 1. The van der Waals surface area contributed by atoms with E-state index >= 15 is 0 Å². The monoisotopic (exact) mass is 523 g/mol. The van der Waals surface area contributed by atoms with E-state index in [9.17, 15) is 13.2 Å². The highest BCUT2D eigenvalue weighted by atomic mass is 127. The van der Waals surface area contributed by atoms with Crippen molar-refractivity contribution in [2.75, 3.05) is 10.0 Å². The summed E-state index contributed by atoms with van der Waals surface area (Å²) in [5, 5.41) is 6.42. The number of nitrogens with one attached hydrogen (secondary N) is 2. The Balaban J connectivity index is 1.65. The molecule has 29 heavy (non-hydrogen) atoms. The summed E-state index contributed by atoms with van der Waals surface area (Å²) in [7, 11) is -3.83. The van der Waals surface area contributed by atoms with E-state index in [2.05, 4.69) is 37.8 Å². The van der Waals surface area contributed by atoms with Gasteiger partial charge < -0.3 is 9.84 Å². The highest BCUT2D eigenvalue weighted by Crippen LogP contribution is 2.22. The third-order valence-corrected chi connectivity index (χ3v) is 6.18. The first kappa shape index (κ1) is 21.1. The molecule has 0 atom stereocenters. The fraction of sp³-hybridized carbons (Fsp3) is 0.100. The summed E-state index contributed by atoms with van der Waals surface area (Å²) in [5.74, 6) is -0.231. The minimum atomic E-state index is -3.83. The van der Waals surface area contributed by atoms with Crippen molar-refractivity contribution >= 4 is 56.2 Å². The summed E-state index contributed by atoms with van der Waals surface area (Å²) in [5.41, 5.74) is 2.62. The molecule has 3 aromatic rings. The molecule has 2 N–H and O–H groups in total. The van der Waals surface area contributed by atoms with E-state index in [0.29, 0.717) is 16.9 Å². The Hall–Kier alpha value is -2.66. The molecule has 0 saturated heterocycles. The molecule has 7 nitrogen and oxygen atoms in total. The number of nitrogens with zero attached hydrogens (tertiary/aromatic N) is 1. The molecule has 1 heterocycles. The van der Waals surface area contributed by atoms with Gasteiger partial charge in [-0.25, -0.2) is 13.1 Å². The lowest BCUT2D eigenvalue weighted by molar-refractivity contribution is -0.111. The third kappa shape index (κ3) is 5.45. The van der Waals surface area contributed by atoms with Crippen LogP contribution in [0.4, 0.5) is 11.6 Å². The zero-order valence-electron chi connectivity index (χ0n) is 15.6. The Morgan fingerprint density at radius 1 is 1.07 bits per heavy atom. The minimum Gasteiger partial charge on any atom is -0.337 e. The quantitative estimate of drug-likeness (QED) is 0.370. The van der Waals surface area contributed by atoms with Crippen LogP contribution in [0.3, 0.4) is 0 Å². The van der Waals surface area contributed by atoms with Gasteiger partial charge in [0.2, 0.25) is 11.8 Å². The highest BCUT2D eigenvalue weighted by molar-refractivity contribution is 14.1. The van der Waals surface area contributed by atoms with Crippen LogP contribution in [-0.4, -0.2) is 19.5 Å². The van der Waals surface area contributed by atoms with Gasteiger partial charge in [-0.05, 0) is 84.5 Å².